The van der Waals surface area contributed by atoms with Crippen LogP contribution in [0.5, 0.6) is 0 Å². The summed E-state index contributed by atoms with van der Waals surface area (Å²) in [7, 11) is -6.49. The predicted molar refractivity (Wildman–Crippen MR) is 156 cm³/mol. The van der Waals surface area contributed by atoms with Gasteiger partial charge in [0.15, 0.2) is 0 Å². The van der Waals surface area contributed by atoms with Gasteiger partial charge in [-0.15, -0.1) is 0 Å². The maximum Gasteiger partial charge on any atom is 1.00 e. The minimum atomic E-state index is -4.83. The first-order chi connectivity index (χ1) is 17.9. The van der Waals surface area contributed by atoms with Crippen LogP contribution in [-0.2, 0) is 14.6 Å². The Bertz CT molecular complexity index is 1180. The van der Waals surface area contributed by atoms with Crippen LogP contribution < -0.4 is 40.1 Å². The van der Waals surface area contributed by atoms with E-state index in [9.17, 15) is 13.0 Å². The second kappa shape index (κ2) is 14.6. The van der Waals surface area contributed by atoms with Crippen LogP contribution in [0.1, 0.15) is 13.3 Å². The van der Waals surface area contributed by atoms with Gasteiger partial charge in [0, 0.05) is 5.41 Å². The molecule has 0 amide bonds. The molecular weight excluding hydrogens is 525 g/mol. The van der Waals surface area contributed by atoms with Gasteiger partial charge in [0.2, 0.25) is 10.4 Å². The molecule has 0 aromatic heterocycles. The number of hydrogen-bond acceptors (Lipinski definition) is 4. The molecule has 0 unspecified atom stereocenters. The van der Waals surface area contributed by atoms with Gasteiger partial charge >= 0.3 is 18.9 Å². The molecule has 0 N–H and O–H groups in total. The summed E-state index contributed by atoms with van der Waals surface area (Å²) in [5.41, 5.74) is -0.535. The summed E-state index contributed by atoms with van der Waals surface area (Å²) in [4.78, 5) is 0. The molecule has 0 spiro atoms. The fraction of sp³-hybridized carbons (Fsp3) is 0.200. The van der Waals surface area contributed by atoms with E-state index < -0.39 is 31.7 Å². The van der Waals surface area contributed by atoms with Crippen LogP contribution in [0, 0.1) is 5.41 Å². The topological polar surface area (TPSA) is 66.4 Å². The molecule has 0 aliphatic carbocycles. The van der Waals surface area contributed by atoms with Crippen LogP contribution in [0.15, 0.2) is 121 Å². The fourth-order valence-corrected chi connectivity index (χ4v) is 10.7. The van der Waals surface area contributed by atoms with Crippen LogP contribution in [-0.4, -0.2) is 31.9 Å². The summed E-state index contributed by atoms with van der Waals surface area (Å²) >= 11 is 0. The predicted octanol–water partition coefficient (Wildman–Crippen LogP) is 2.13. The first kappa shape index (κ1) is 30.7. The molecule has 0 heterocycles. The van der Waals surface area contributed by atoms with Gasteiger partial charge in [-0.1, -0.05) is 128 Å². The Morgan fingerprint density at radius 3 is 1.16 bits per heavy atom. The zero-order valence-corrected chi connectivity index (χ0v) is 24.4. The number of rotatable bonds is 12. The van der Waals surface area contributed by atoms with Crippen molar-refractivity contribution < 1.29 is 36.0 Å². The number of hydrogen-bond donors (Lipinski definition) is 0. The van der Waals surface area contributed by atoms with Crippen molar-refractivity contribution in [1.82, 2.24) is 0 Å². The zero-order valence-electron chi connectivity index (χ0n) is 21.8. The van der Waals surface area contributed by atoms with Gasteiger partial charge in [-0.25, -0.2) is 8.42 Å². The summed E-state index contributed by atoms with van der Waals surface area (Å²) in [6.07, 6.45) is 2.10. The van der Waals surface area contributed by atoms with Crippen molar-refractivity contribution in [2.45, 2.75) is 13.3 Å². The number of benzene rings is 4. The van der Waals surface area contributed by atoms with Crippen LogP contribution in [0.3, 0.4) is 0 Å². The molecule has 0 bridgehead atoms. The van der Waals surface area contributed by atoms with Gasteiger partial charge in [0.25, 0.3) is 0 Å². The Labute approximate surface area is 241 Å². The van der Waals surface area contributed by atoms with Gasteiger partial charge in [0.05, 0.1) is 6.61 Å². The van der Waals surface area contributed by atoms with Crippen molar-refractivity contribution in [3.05, 3.63) is 121 Å². The van der Waals surface area contributed by atoms with Crippen molar-refractivity contribution in [2.24, 2.45) is 5.41 Å². The third kappa shape index (κ3) is 8.61. The Morgan fingerprint density at radius 1 is 0.632 bits per heavy atom. The molecule has 0 saturated heterocycles. The molecule has 4 nitrogen and oxygen atoms in total. The summed E-state index contributed by atoms with van der Waals surface area (Å²) in [5, 5.41) is 4.87. The Balaban J connectivity index is 0.00000400. The van der Waals surface area contributed by atoms with Crippen molar-refractivity contribution >= 4 is 47.5 Å². The first-order valence-corrected chi connectivity index (χ1v) is 16.6. The van der Waals surface area contributed by atoms with Gasteiger partial charge in [-0.3, -0.25) is 4.18 Å². The summed E-state index contributed by atoms with van der Waals surface area (Å²) in [6.45, 7) is 1.94. The van der Waals surface area contributed by atoms with Crippen LogP contribution >= 0.6 is 15.8 Å². The molecule has 0 fully saturated rings. The van der Waals surface area contributed by atoms with E-state index >= 15 is 0 Å². The summed E-state index contributed by atoms with van der Waals surface area (Å²) in [6, 6.07) is 41.5. The van der Waals surface area contributed by atoms with E-state index in [1.165, 1.54) is 21.2 Å². The van der Waals surface area contributed by atoms with E-state index in [2.05, 4.69) is 55.5 Å². The Kier molecular flexibility index (Phi) is 11.8. The molecular formula is C30H31LiO4P2S. The maximum atomic E-state index is 11.7. The van der Waals surface area contributed by atoms with Gasteiger partial charge < -0.3 is 4.55 Å². The average molecular weight is 557 g/mol. The summed E-state index contributed by atoms with van der Waals surface area (Å²) in [5.74, 6) is 0. The molecule has 0 saturated carbocycles. The molecule has 0 aliphatic heterocycles. The molecule has 4 rings (SSSR count). The van der Waals surface area contributed by atoms with E-state index in [-0.39, 0.29) is 25.5 Å². The standard InChI is InChI=1S/C30H32O4P2S.Li/c1-2-30(23-34-37(31,32)33,24-35(26-15-7-3-8-16-26)27-17-9-4-10-18-27)25-36(28-19-11-5-12-20-28)29-21-13-6-14-22-29;/h3-22H,2,23-25H2,1H3,(H,31,32,33);/q;+1/p-1. The van der Waals surface area contributed by atoms with Crippen LogP contribution in [0.4, 0.5) is 0 Å². The van der Waals surface area contributed by atoms with Gasteiger partial charge in [-0.2, -0.15) is 0 Å². The van der Waals surface area contributed by atoms with Gasteiger partial charge in [0.1, 0.15) is 0 Å². The Morgan fingerprint density at radius 2 is 0.921 bits per heavy atom. The average Bonchev–Trinajstić information content (AvgIpc) is 2.94. The molecule has 0 radical (unpaired) electrons. The quantitative estimate of drug-likeness (QED) is 0.116. The van der Waals surface area contributed by atoms with Crippen molar-refractivity contribution in [3.8, 4) is 0 Å². The molecule has 4 aromatic carbocycles. The molecule has 192 valence electrons. The van der Waals surface area contributed by atoms with E-state index in [0.29, 0.717) is 18.7 Å². The second-order valence-corrected chi connectivity index (χ2v) is 14.5. The minimum Gasteiger partial charge on any atom is -0.726 e. The Hall–Kier alpha value is -1.79. The third-order valence-corrected chi connectivity index (χ3v) is 12.6. The molecule has 8 heteroatoms. The zero-order chi connectivity index (χ0) is 26.1. The second-order valence-electron chi connectivity index (χ2n) is 9.04. The maximum absolute atomic E-state index is 11.7. The van der Waals surface area contributed by atoms with E-state index in [4.69, 9.17) is 4.18 Å². The molecule has 38 heavy (non-hydrogen) atoms. The molecule has 0 aliphatic rings. The van der Waals surface area contributed by atoms with E-state index in [0.717, 1.165) is 0 Å². The fourth-order valence-electron chi connectivity index (χ4n) is 4.43. The van der Waals surface area contributed by atoms with Crippen molar-refractivity contribution in [2.75, 3.05) is 18.9 Å². The van der Waals surface area contributed by atoms with Crippen molar-refractivity contribution in [3.63, 3.8) is 0 Å². The summed E-state index contributed by atoms with van der Waals surface area (Å²) < 4.78 is 40.1. The monoisotopic (exact) mass is 556 g/mol. The van der Waals surface area contributed by atoms with E-state index in [1.807, 2.05) is 72.8 Å². The largest absolute Gasteiger partial charge is 1.00 e. The minimum absolute atomic E-state index is 0. The van der Waals surface area contributed by atoms with Crippen LogP contribution in [0.25, 0.3) is 0 Å². The van der Waals surface area contributed by atoms with Gasteiger partial charge in [-0.05, 0) is 55.8 Å². The first-order valence-electron chi connectivity index (χ1n) is 12.2. The molecule has 0 atom stereocenters. The third-order valence-electron chi connectivity index (χ3n) is 6.52. The normalized spacial score (nSPS) is 11.9. The van der Waals surface area contributed by atoms with Crippen molar-refractivity contribution in [1.29, 1.82) is 0 Å². The smallest absolute Gasteiger partial charge is 0.726 e. The SMILES string of the molecule is CCC(COS(=O)(=O)[O-])(CP(c1ccccc1)c1ccccc1)CP(c1ccccc1)c1ccccc1.[Li+]. The van der Waals surface area contributed by atoms with E-state index in [1.54, 1.807) is 0 Å². The van der Waals surface area contributed by atoms with Crippen LogP contribution in [0.2, 0.25) is 0 Å². The molecule has 4 aromatic rings.